The van der Waals surface area contributed by atoms with Crippen LogP contribution in [0.25, 0.3) is 11.3 Å². The van der Waals surface area contributed by atoms with Crippen molar-refractivity contribution in [1.82, 2.24) is 10.2 Å². The summed E-state index contributed by atoms with van der Waals surface area (Å²) in [5.74, 6) is 1.02. The number of aromatic nitrogens is 2. The summed E-state index contributed by atoms with van der Waals surface area (Å²) in [5.41, 5.74) is 4.99. The molecule has 2 aromatic rings. The summed E-state index contributed by atoms with van der Waals surface area (Å²) in [5, 5.41) is 10.6. The monoisotopic (exact) mass is 199 g/mol. The van der Waals surface area contributed by atoms with Crippen LogP contribution in [0.2, 0.25) is 0 Å². The number of aryl methyl sites for hydroxylation is 1. The van der Waals surface area contributed by atoms with E-state index < -0.39 is 0 Å². The fourth-order valence-electron chi connectivity index (χ4n) is 2.02. The van der Waals surface area contributed by atoms with Gasteiger partial charge >= 0.3 is 0 Å². The molecule has 1 aromatic heterocycles. The van der Waals surface area contributed by atoms with E-state index >= 15 is 0 Å². The highest BCUT2D eigenvalue weighted by atomic mass is 15.2. The molecule has 0 spiro atoms. The van der Waals surface area contributed by atoms with E-state index in [4.69, 9.17) is 0 Å². The van der Waals surface area contributed by atoms with Crippen molar-refractivity contribution in [2.45, 2.75) is 13.3 Å². The minimum absolute atomic E-state index is 1.01. The molecular formula is C12H13N3. The molecule has 2 heterocycles. The maximum absolute atomic E-state index is 4.26. The number of hydrogen-bond acceptors (Lipinski definition) is 2. The van der Waals surface area contributed by atoms with E-state index in [9.17, 15) is 0 Å². The Kier molecular flexibility index (Phi) is 1.78. The highest BCUT2D eigenvalue weighted by molar-refractivity contribution is 5.70. The third-order valence-electron chi connectivity index (χ3n) is 2.87. The van der Waals surface area contributed by atoms with Crippen molar-refractivity contribution in [3.8, 4) is 11.3 Å². The van der Waals surface area contributed by atoms with Crippen LogP contribution in [0.3, 0.4) is 0 Å². The van der Waals surface area contributed by atoms with Crippen LogP contribution < -0.4 is 5.32 Å². The smallest absolute Gasteiger partial charge is 0.151 e. The number of aromatic amines is 1. The van der Waals surface area contributed by atoms with Crippen molar-refractivity contribution in [1.29, 1.82) is 0 Å². The predicted octanol–water partition coefficient (Wildman–Crippen LogP) is 2.35. The van der Waals surface area contributed by atoms with Gasteiger partial charge in [0.15, 0.2) is 5.82 Å². The standard InChI is InChI=1S/C12H13N3/c1-8-2-4-9(5-3-8)11-10-6-7-13-12(10)15-14-11/h2-5H,6-7H2,1H3,(H2,13,14,15). The van der Waals surface area contributed by atoms with E-state index in [2.05, 4.69) is 46.7 Å². The summed E-state index contributed by atoms with van der Waals surface area (Å²) in [6.07, 6.45) is 1.06. The van der Waals surface area contributed by atoms with Gasteiger partial charge in [0.05, 0.1) is 5.69 Å². The molecule has 0 fully saturated rings. The lowest BCUT2D eigenvalue weighted by molar-refractivity contribution is 1.04. The summed E-state index contributed by atoms with van der Waals surface area (Å²) in [7, 11) is 0. The fraction of sp³-hybridized carbons (Fsp3) is 0.250. The summed E-state index contributed by atoms with van der Waals surface area (Å²) < 4.78 is 0. The Hall–Kier alpha value is -1.77. The number of fused-ring (bicyclic) bond motifs is 1. The zero-order valence-electron chi connectivity index (χ0n) is 8.67. The molecule has 0 saturated heterocycles. The van der Waals surface area contributed by atoms with Gasteiger partial charge in [-0.3, -0.25) is 5.10 Å². The maximum atomic E-state index is 4.26. The quantitative estimate of drug-likeness (QED) is 0.740. The lowest BCUT2D eigenvalue weighted by Crippen LogP contribution is -1.94. The minimum atomic E-state index is 1.01. The molecule has 0 unspecified atom stereocenters. The number of nitrogens with one attached hydrogen (secondary N) is 2. The molecular weight excluding hydrogens is 186 g/mol. The van der Waals surface area contributed by atoms with Crippen molar-refractivity contribution in [2.24, 2.45) is 0 Å². The number of hydrogen-bond donors (Lipinski definition) is 2. The number of nitrogens with zero attached hydrogens (tertiary/aromatic N) is 1. The van der Waals surface area contributed by atoms with E-state index in [0.717, 1.165) is 24.5 Å². The third-order valence-corrected chi connectivity index (χ3v) is 2.87. The van der Waals surface area contributed by atoms with E-state index in [-0.39, 0.29) is 0 Å². The van der Waals surface area contributed by atoms with Crippen LogP contribution in [0.1, 0.15) is 11.1 Å². The molecule has 3 rings (SSSR count). The second-order valence-corrected chi connectivity index (χ2v) is 3.97. The molecule has 1 aliphatic rings. The van der Waals surface area contributed by atoms with Gasteiger partial charge < -0.3 is 5.32 Å². The molecule has 1 aliphatic heterocycles. The molecule has 15 heavy (non-hydrogen) atoms. The molecule has 76 valence electrons. The fourth-order valence-corrected chi connectivity index (χ4v) is 2.02. The molecule has 3 heteroatoms. The van der Waals surface area contributed by atoms with Gasteiger partial charge in [0.25, 0.3) is 0 Å². The Bertz CT molecular complexity index is 482. The predicted molar refractivity (Wildman–Crippen MR) is 61.0 cm³/mol. The van der Waals surface area contributed by atoms with Crippen molar-refractivity contribution < 1.29 is 0 Å². The molecule has 2 N–H and O–H groups in total. The first-order chi connectivity index (χ1) is 7.34. The molecule has 0 radical (unpaired) electrons. The highest BCUT2D eigenvalue weighted by Crippen LogP contribution is 2.30. The molecule has 0 atom stereocenters. The summed E-state index contributed by atoms with van der Waals surface area (Å²) in [4.78, 5) is 0. The average Bonchev–Trinajstić information content (AvgIpc) is 2.80. The maximum Gasteiger partial charge on any atom is 0.151 e. The average molecular weight is 199 g/mol. The highest BCUT2D eigenvalue weighted by Gasteiger charge is 2.18. The van der Waals surface area contributed by atoms with E-state index in [1.165, 1.54) is 16.7 Å². The molecule has 0 saturated carbocycles. The first-order valence-electron chi connectivity index (χ1n) is 5.23. The van der Waals surface area contributed by atoms with Crippen LogP contribution in [0.4, 0.5) is 5.82 Å². The van der Waals surface area contributed by atoms with Crippen LogP contribution in [0, 0.1) is 6.92 Å². The SMILES string of the molecule is Cc1ccc(-c2[nH]nc3c2CCN3)cc1. The Labute approximate surface area is 88.5 Å². The van der Waals surface area contributed by atoms with Gasteiger partial charge in [-0.15, -0.1) is 0 Å². The summed E-state index contributed by atoms with van der Waals surface area (Å²) in [6, 6.07) is 8.54. The largest absolute Gasteiger partial charge is 0.368 e. The summed E-state index contributed by atoms with van der Waals surface area (Å²) >= 11 is 0. The van der Waals surface area contributed by atoms with Crippen LogP contribution in [-0.2, 0) is 6.42 Å². The molecule has 3 nitrogen and oxygen atoms in total. The number of anilines is 1. The van der Waals surface area contributed by atoms with Gasteiger partial charge in [0, 0.05) is 12.1 Å². The lowest BCUT2D eigenvalue weighted by Gasteiger charge is -2.00. The zero-order valence-corrected chi connectivity index (χ0v) is 8.67. The Morgan fingerprint density at radius 3 is 2.80 bits per heavy atom. The molecule has 0 bridgehead atoms. The van der Waals surface area contributed by atoms with Crippen LogP contribution >= 0.6 is 0 Å². The van der Waals surface area contributed by atoms with E-state index in [0.29, 0.717) is 0 Å². The second-order valence-electron chi connectivity index (χ2n) is 3.97. The third kappa shape index (κ3) is 1.31. The van der Waals surface area contributed by atoms with Gasteiger partial charge in [-0.1, -0.05) is 29.8 Å². The Morgan fingerprint density at radius 2 is 2.00 bits per heavy atom. The number of benzene rings is 1. The Morgan fingerprint density at radius 1 is 1.20 bits per heavy atom. The van der Waals surface area contributed by atoms with Gasteiger partial charge in [-0.25, -0.2) is 0 Å². The lowest BCUT2D eigenvalue weighted by atomic mass is 10.1. The topological polar surface area (TPSA) is 40.7 Å². The van der Waals surface area contributed by atoms with Gasteiger partial charge in [0.1, 0.15) is 0 Å². The van der Waals surface area contributed by atoms with Crippen molar-refractivity contribution in [2.75, 3.05) is 11.9 Å². The van der Waals surface area contributed by atoms with Gasteiger partial charge in [-0.2, -0.15) is 5.10 Å². The van der Waals surface area contributed by atoms with Crippen molar-refractivity contribution >= 4 is 5.82 Å². The second kappa shape index (κ2) is 3.12. The van der Waals surface area contributed by atoms with Crippen molar-refractivity contribution in [3.63, 3.8) is 0 Å². The van der Waals surface area contributed by atoms with Crippen LogP contribution in [0.15, 0.2) is 24.3 Å². The minimum Gasteiger partial charge on any atom is -0.368 e. The first-order valence-corrected chi connectivity index (χ1v) is 5.23. The first kappa shape index (κ1) is 8.53. The molecule has 0 aliphatic carbocycles. The zero-order chi connectivity index (χ0) is 10.3. The van der Waals surface area contributed by atoms with Crippen molar-refractivity contribution in [3.05, 3.63) is 35.4 Å². The Balaban J connectivity index is 2.09. The molecule has 0 amide bonds. The van der Waals surface area contributed by atoms with E-state index in [1.54, 1.807) is 0 Å². The number of H-pyrrole nitrogens is 1. The normalized spacial score (nSPS) is 13.7. The van der Waals surface area contributed by atoms with Gasteiger partial charge in [-0.05, 0) is 18.9 Å². The van der Waals surface area contributed by atoms with Crippen LogP contribution in [0.5, 0.6) is 0 Å². The van der Waals surface area contributed by atoms with Crippen LogP contribution in [-0.4, -0.2) is 16.7 Å². The van der Waals surface area contributed by atoms with Gasteiger partial charge in [0.2, 0.25) is 0 Å². The van der Waals surface area contributed by atoms with E-state index in [1.807, 2.05) is 0 Å². The number of rotatable bonds is 1. The summed E-state index contributed by atoms with van der Waals surface area (Å²) in [6.45, 7) is 3.11. The molecule has 1 aromatic carbocycles.